The summed E-state index contributed by atoms with van der Waals surface area (Å²) >= 11 is 2.91. The molecular weight excluding hydrogens is 448 g/mol. The van der Waals surface area contributed by atoms with Crippen LogP contribution in [0.2, 0.25) is 0 Å². The molecular formula is C21H18N6O3S2. The van der Waals surface area contributed by atoms with Gasteiger partial charge in [0, 0.05) is 4.88 Å². The fourth-order valence-electron chi connectivity index (χ4n) is 4.38. The molecule has 11 heteroatoms. The molecule has 0 saturated carbocycles. The third-order valence-electron chi connectivity index (χ3n) is 5.94. The summed E-state index contributed by atoms with van der Waals surface area (Å²) in [7, 11) is 1.36. The van der Waals surface area contributed by atoms with Crippen LogP contribution >= 0.6 is 22.7 Å². The van der Waals surface area contributed by atoms with Gasteiger partial charge in [-0.05, 0) is 43.7 Å². The number of ether oxygens (including phenoxy) is 1. The summed E-state index contributed by atoms with van der Waals surface area (Å²) < 4.78 is 8.04. The Hall–Kier alpha value is -3.18. The lowest BCUT2D eigenvalue weighted by molar-refractivity contribution is 0.0605. The normalized spacial score (nSPS) is 13.8. The quantitative estimate of drug-likeness (QED) is 0.376. The lowest BCUT2D eigenvalue weighted by atomic mass is 9.97. The highest BCUT2D eigenvalue weighted by molar-refractivity contribution is 7.20. The molecule has 6 rings (SSSR count). The lowest BCUT2D eigenvalue weighted by Crippen LogP contribution is -2.22. The fourth-order valence-corrected chi connectivity index (χ4v) is 6.66. The van der Waals surface area contributed by atoms with Gasteiger partial charge in [0.2, 0.25) is 0 Å². The molecule has 0 fully saturated rings. The van der Waals surface area contributed by atoms with E-state index in [2.05, 4.69) is 20.1 Å². The van der Waals surface area contributed by atoms with Crippen molar-refractivity contribution in [3.05, 3.63) is 49.7 Å². The molecule has 1 aliphatic rings. The zero-order chi connectivity index (χ0) is 22.0. The molecule has 0 spiro atoms. The Labute approximate surface area is 189 Å². The van der Waals surface area contributed by atoms with E-state index in [0.29, 0.717) is 21.2 Å². The van der Waals surface area contributed by atoms with Crippen LogP contribution in [0.15, 0.2) is 17.4 Å². The van der Waals surface area contributed by atoms with E-state index in [4.69, 9.17) is 4.74 Å². The summed E-state index contributed by atoms with van der Waals surface area (Å²) in [6.45, 7) is 2.06. The smallest absolute Gasteiger partial charge is 0.348 e. The van der Waals surface area contributed by atoms with Crippen LogP contribution in [-0.2, 0) is 24.1 Å². The zero-order valence-corrected chi connectivity index (χ0v) is 19.0. The Kier molecular flexibility index (Phi) is 4.37. The van der Waals surface area contributed by atoms with Gasteiger partial charge in [-0.3, -0.25) is 9.36 Å². The number of hydrogen-bond donors (Lipinski definition) is 0. The summed E-state index contributed by atoms with van der Waals surface area (Å²) in [5, 5.41) is 6.03. The van der Waals surface area contributed by atoms with E-state index in [0.717, 1.165) is 40.4 Å². The molecule has 5 aromatic heterocycles. The Morgan fingerprint density at radius 1 is 1.12 bits per heavy atom. The van der Waals surface area contributed by atoms with Crippen LogP contribution in [0.5, 0.6) is 0 Å². The Morgan fingerprint density at radius 3 is 2.75 bits per heavy atom. The molecule has 0 bridgehead atoms. The number of aryl methyl sites for hydroxylation is 3. The first-order chi connectivity index (χ1) is 15.5. The van der Waals surface area contributed by atoms with Gasteiger partial charge in [0.05, 0.1) is 30.8 Å². The molecule has 0 aromatic carbocycles. The highest BCUT2D eigenvalue weighted by atomic mass is 32.1. The summed E-state index contributed by atoms with van der Waals surface area (Å²) in [6, 6.07) is 0. The van der Waals surface area contributed by atoms with Gasteiger partial charge in [-0.25, -0.2) is 24.3 Å². The van der Waals surface area contributed by atoms with Crippen molar-refractivity contribution in [2.75, 3.05) is 7.11 Å². The second-order valence-corrected chi connectivity index (χ2v) is 9.92. The summed E-state index contributed by atoms with van der Waals surface area (Å²) in [6.07, 6.45) is 7.40. The van der Waals surface area contributed by atoms with Crippen molar-refractivity contribution in [2.24, 2.45) is 0 Å². The highest BCUT2D eigenvalue weighted by Gasteiger charge is 2.22. The second kappa shape index (κ2) is 7.17. The van der Waals surface area contributed by atoms with Gasteiger partial charge < -0.3 is 4.74 Å². The van der Waals surface area contributed by atoms with Gasteiger partial charge >= 0.3 is 5.97 Å². The topological polar surface area (TPSA) is 104 Å². The van der Waals surface area contributed by atoms with E-state index in [1.807, 2.05) is 6.92 Å². The molecule has 0 amide bonds. The average molecular weight is 467 g/mol. The standard InChI is InChI=1S/C21H18N6O3S2/c1-10-14-17-24-13(25-27(17)9-23-18(14)32-16(10)21(29)30-2)7-26-8-22-19-15(20(26)28)11-5-3-4-6-12(11)31-19/h8-9H,3-7H2,1-2H3. The second-order valence-electron chi connectivity index (χ2n) is 7.84. The number of esters is 1. The van der Waals surface area contributed by atoms with Crippen LogP contribution in [0.4, 0.5) is 0 Å². The number of rotatable bonds is 3. The molecule has 162 valence electrons. The maximum absolute atomic E-state index is 13.3. The predicted octanol–water partition coefficient (Wildman–Crippen LogP) is 3.13. The number of carbonyl (C=O) groups is 1. The third-order valence-corrected chi connectivity index (χ3v) is 8.32. The van der Waals surface area contributed by atoms with Crippen LogP contribution in [0, 0.1) is 6.92 Å². The summed E-state index contributed by atoms with van der Waals surface area (Å²) in [4.78, 5) is 42.3. The molecule has 5 aromatic rings. The van der Waals surface area contributed by atoms with Crippen molar-refractivity contribution >= 4 is 54.7 Å². The summed E-state index contributed by atoms with van der Waals surface area (Å²) in [5.41, 5.74) is 2.49. The van der Waals surface area contributed by atoms with E-state index in [-0.39, 0.29) is 12.1 Å². The van der Waals surface area contributed by atoms with Crippen LogP contribution in [0.1, 0.15) is 44.3 Å². The van der Waals surface area contributed by atoms with Gasteiger partial charge in [0.15, 0.2) is 11.5 Å². The number of aromatic nitrogens is 6. The minimum Gasteiger partial charge on any atom is -0.465 e. The Morgan fingerprint density at radius 2 is 1.91 bits per heavy atom. The zero-order valence-electron chi connectivity index (χ0n) is 17.4. The number of carbonyl (C=O) groups excluding carboxylic acids is 1. The van der Waals surface area contributed by atoms with Crippen LogP contribution in [0.3, 0.4) is 0 Å². The molecule has 0 aliphatic heterocycles. The van der Waals surface area contributed by atoms with Gasteiger partial charge in [0.1, 0.15) is 20.9 Å². The molecule has 0 N–H and O–H groups in total. The maximum atomic E-state index is 13.3. The Bertz CT molecular complexity index is 1610. The van der Waals surface area contributed by atoms with E-state index >= 15 is 0 Å². The predicted molar refractivity (Wildman–Crippen MR) is 122 cm³/mol. The number of nitrogens with zero attached hydrogens (tertiary/aromatic N) is 6. The van der Waals surface area contributed by atoms with Gasteiger partial charge in [-0.2, -0.15) is 0 Å². The molecule has 1 aliphatic carbocycles. The highest BCUT2D eigenvalue weighted by Crippen LogP contribution is 2.34. The largest absolute Gasteiger partial charge is 0.465 e. The third kappa shape index (κ3) is 2.81. The minimum atomic E-state index is -0.395. The molecule has 32 heavy (non-hydrogen) atoms. The van der Waals surface area contributed by atoms with Gasteiger partial charge in [-0.1, -0.05) is 0 Å². The van der Waals surface area contributed by atoms with Gasteiger partial charge in [0.25, 0.3) is 5.56 Å². The van der Waals surface area contributed by atoms with Crippen LogP contribution in [-0.4, -0.2) is 42.2 Å². The van der Waals surface area contributed by atoms with Crippen LogP contribution < -0.4 is 5.56 Å². The lowest BCUT2D eigenvalue weighted by Gasteiger charge is -2.10. The first-order valence-electron chi connectivity index (χ1n) is 10.3. The van der Waals surface area contributed by atoms with Crippen LogP contribution in [0.25, 0.3) is 26.1 Å². The van der Waals surface area contributed by atoms with E-state index in [1.165, 1.54) is 35.3 Å². The van der Waals surface area contributed by atoms with E-state index < -0.39 is 5.97 Å². The molecule has 5 heterocycles. The fraction of sp³-hybridized carbons (Fsp3) is 0.333. The maximum Gasteiger partial charge on any atom is 0.348 e. The summed E-state index contributed by atoms with van der Waals surface area (Å²) in [5.74, 6) is 0.0882. The Balaban J connectivity index is 1.45. The van der Waals surface area contributed by atoms with E-state index in [9.17, 15) is 9.59 Å². The average Bonchev–Trinajstić information content (AvgIpc) is 3.48. The first kappa shape index (κ1) is 19.5. The minimum absolute atomic E-state index is 0.0452. The molecule has 0 radical (unpaired) electrons. The monoisotopic (exact) mass is 466 g/mol. The molecule has 0 unspecified atom stereocenters. The number of hydrogen-bond acceptors (Lipinski definition) is 9. The number of fused-ring (bicyclic) bond motifs is 6. The number of thiophene rings is 2. The SMILES string of the molecule is COC(=O)c1sc2ncn3nc(Cn4cnc5sc6c(c5c4=O)CCCC6)nc3c2c1C. The van der Waals surface area contributed by atoms with E-state index in [1.54, 1.807) is 33.1 Å². The van der Waals surface area contributed by atoms with Crippen molar-refractivity contribution < 1.29 is 9.53 Å². The van der Waals surface area contributed by atoms with Crippen molar-refractivity contribution in [3.8, 4) is 0 Å². The molecule has 0 atom stereocenters. The molecule has 9 nitrogen and oxygen atoms in total. The van der Waals surface area contributed by atoms with Crippen molar-refractivity contribution in [1.29, 1.82) is 0 Å². The van der Waals surface area contributed by atoms with Crippen molar-refractivity contribution in [2.45, 2.75) is 39.2 Å². The van der Waals surface area contributed by atoms with Gasteiger partial charge in [-0.15, -0.1) is 27.8 Å². The number of methoxy groups -OCH3 is 1. The first-order valence-corrected chi connectivity index (χ1v) is 11.9. The molecule has 0 saturated heterocycles. The van der Waals surface area contributed by atoms with Crippen molar-refractivity contribution in [1.82, 2.24) is 29.1 Å². The van der Waals surface area contributed by atoms with Crippen molar-refractivity contribution in [3.63, 3.8) is 0 Å².